The number of aromatic nitrogens is 2. The summed E-state index contributed by atoms with van der Waals surface area (Å²) in [6.07, 6.45) is 7.35. The number of carbonyl (C=O) groups is 1. The van der Waals surface area contributed by atoms with Gasteiger partial charge in [-0.15, -0.1) is 0 Å². The van der Waals surface area contributed by atoms with Gasteiger partial charge in [-0.05, 0) is 31.7 Å². The van der Waals surface area contributed by atoms with Gasteiger partial charge < -0.3 is 15.1 Å². The molecular formula is C15H15ClN4O3. The van der Waals surface area contributed by atoms with Crippen LogP contribution in [-0.2, 0) is 5.66 Å². The van der Waals surface area contributed by atoms with E-state index < -0.39 is 5.66 Å². The molecule has 0 atom stereocenters. The van der Waals surface area contributed by atoms with E-state index in [4.69, 9.17) is 16.0 Å². The smallest absolute Gasteiger partial charge is 0.299 e. The summed E-state index contributed by atoms with van der Waals surface area (Å²) < 4.78 is 6.63. The fourth-order valence-electron chi connectivity index (χ4n) is 3.51. The van der Waals surface area contributed by atoms with Crippen LogP contribution in [0.1, 0.15) is 42.6 Å². The van der Waals surface area contributed by atoms with Crippen molar-refractivity contribution >= 4 is 29.2 Å². The maximum absolute atomic E-state index is 12.9. The molecule has 1 aliphatic carbocycles. The van der Waals surface area contributed by atoms with Gasteiger partial charge in [0.2, 0.25) is 0 Å². The molecule has 1 spiro atoms. The summed E-state index contributed by atoms with van der Waals surface area (Å²) >= 11 is 6.27. The highest BCUT2D eigenvalue weighted by atomic mass is 35.5. The minimum atomic E-state index is -0.667. The molecule has 1 aliphatic heterocycles. The molecule has 1 saturated carbocycles. The largest absolute Gasteiger partial charge is 0.432 e. The van der Waals surface area contributed by atoms with Crippen LogP contribution in [0.2, 0.25) is 5.02 Å². The number of fused-ring (bicyclic) bond motifs is 2. The first-order valence-corrected chi connectivity index (χ1v) is 7.94. The molecule has 2 aromatic heterocycles. The highest BCUT2D eigenvalue weighted by Gasteiger charge is 2.45. The molecule has 2 aromatic rings. The second-order valence-corrected chi connectivity index (χ2v) is 6.31. The summed E-state index contributed by atoms with van der Waals surface area (Å²) in [7, 11) is 0. The quantitative estimate of drug-likeness (QED) is 0.881. The molecular weight excluding hydrogens is 320 g/mol. The molecule has 7 nitrogen and oxygen atoms in total. The summed E-state index contributed by atoms with van der Waals surface area (Å²) in [5, 5.41) is 6.03. The molecule has 0 unspecified atom stereocenters. The molecule has 23 heavy (non-hydrogen) atoms. The van der Waals surface area contributed by atoms with Crippen molar-refractivity contribution in [2.24, 2.45) is 0 Å². The number of anilines is 2. The Hall–Kier alpha value is -2.28. The lowest BCUT2D eigenvalue weighted by molar-refractivity contribution is 0.0877. The molecule has 3 heterocycles. The van der Waals surface area contributed by atoms with Crippen LogP contribution in [0.5, 0.6) is 0 Å². The van der Waals surface area contributed by atoms with E-state index in [1.54, 1.807) is 0 Å². The zero-order valence-electron chi connectivity index (χ0n) is 12.3. The molecule has 1 amide bonds. The van der Waals surface area contributed by atoms with E-state index in [1.165, 1.54) is 23.1 Å². The molecule has 0 saturated heterocycles. The third-order valence-electron chi connectivity index (χ3n) is 4.50. The average molecular weight is 335 g/mol. The normalized spacial score (nSPS) is 18.7. The van der Waals surface area contributed by atoms with Crippen LogP contribution in [0, 0.1) is 0 Å². The van der Waals surface area contributed by atoms with Gasteiger partial charge in [-0.2, -0.15) is 0 Å². The van der Waals surface area contributed by atoms with Crippen LogP contribution >= 0.6 is 11.6 Å². The molecule has 8 heteroatoms. The van der Waals surface area contributed by atoms with E-state index >= 15 is 0 Å². The molecule has 2 aliphatic rings. The van der Waals surface area contributed by atoms with Crippen LogP contribution < -0.4 is 16.2 Å². The van der Waals surface area contributed by atoms with Crippen molar-refractivity contribution in [1.29, 1.82) is 0 Å². The monoisotopic (exact) mass is 334 g/mol. The lowest BCUT2D eigenvalue weighted by Crippen LogP contribution is -2.48. The van der Waals surface area contributed by atoms with Crippen molar-refractivity contribution in [3.05, 3.63) is 39.6 Å². The minimum Gasteiger partial charge on any atom is -0.432 e. The SMILES string of the molecule is O=C1NC2(CCCCC2)n2c1c(Cl)cc(Nc1ncco1)c2=O. The minimum absolute atomic E-state index is 0.202. The van der Waals surface area contributed by atoms with Gasteiger partial charge in [0.05, 0.1) is 11.2 Å². The van der Waals surface area contributed by atoms with Gasteiger partial charge >= 0.3 is 0 Å². The number of pyridine rings is 1. The maximum Gasteiger partial charge on any atom is 0.299 e. The third-order valence-corrected chi connectivity index (χ3v) is 4.79. The van der Waals surface area contributed by atoms with Crippen molar-refractivity contribution in [1.82, 2.24) is 14.9 Å². The summed E-state index contributed by atoms with van der Waals surface area (Å²) in [6.45, 7) is 0. The van der Waals surface area contributed by atoms with Crippen LogP contribution in [0.25, 0.3) is 0 Å². The van der Waals surface area contributed by atoms with Gasteiger partial charge in [-0.3, -0.25) is 14.2 Å². The number of carbonyl (C=O) groups excluding carboxylic acids is 1. The number of oxazole rings is 1. The van der Waals surface area contributed by atoms with Crippen molar-refractivity contribution in [3.8, 4) is 0 Å². The van der Waals surface area contributed by atoms with Crippen molar-refractivity contribution < 1.29 is 9.21 Å². The Labute approximate surface area is 136 Å². The predicted molar refractivity (Wildman–Crippen MR) is 84.0 cm³/mol. The first-order valence-electron chi connectivity index (χ1n) is 7.56. The van der Waals surface area contributed by atoms with Gasteiger partial charge in [0.1, 0.15) is 23.3 Å². The molecule has 2 N–H and O–H groups in total. The lowest BCUT2D eigenvalue weighted by atomic mass is 9.89. The summed E-state index contributed by atoms with van der Waals surface area (Å²) in [6, 6.07) is 1.65. The molecule has 4 rings (SSSR count). The molecule has 0 aromatic carbocycles. The van der Waals surface area contributed by atoms with Crippen LogP contribution in [0.3, 0.4) is 0 Å². The lowest BCUT2D eigenvalue weighted by Gasteiger charge is -2.35. The van der Waals surface area contributed by atoms with Gasteiger partial charge in [-0.25, -0.2) is 4.98 Å². The Balaban J connectivity index is 1.87. The fourth-order valence-corrected chi connectivity index (χ4v) is 3.79. The Bertz CT molecular complexity index is 822. The highest BCUT2D eigenvalue weighted by Crippen LogP contribution is 2.38. The average Bonchev–Trinajstić information content (AvgIpc) is 3.12. The van der Waals surface area contributed by atoms with E-state index in [2.05, 4.69) is 15.6 Å². The van der Waals surface area contributed by atoms with E-state index in [0.29, 0.717) is 0 Å². The Morgan fingerprint density at radius 3 is 2.78 bits per heavy atom. The van der Waals surface area contributed by atoms with E-state index in [9.17, 15) is 9.59 Å². The van der Waals surface area contributed by atoms with Crippen molar-refractivity contribution in [3.63, 3.8) is 0 Å². The summed E-state index contributed by atoms with van der Waals surface area (Å²) in [5.74, 6) is -0.295. The third kappa shape index (κ3) is 2.15. The number of hydrogen-bond acceptors (Lipinski definition) is 5. The zero-order valence-corrected chi connectivity index (χ0v) is 13.0. The second-order valence-electron chi connectivity index (χ2n) is 5.90. The van der Waals surface area contributed by atoms with Gasteiger partial charge in [0, 0.05) is 0 Å². The van der Waals surface area contributed by atoms with Crippen LogP contribution in [0.15, 0.2) is 27.7 Å². The van der Waals surface area contributed by atoms with Crippen molar-refractivity contribution in [2.45, 2.75) is 37.8 Å². The first-order chi connectivity index (χ1) is 11.1. The van der Waals surface area contributed by atoms with Gasteiger partial charge in [0.15, 0.2) is 0 Å². The van der Waals surface area contributed by atoms with Gasteiger partial charge in [-0.1, -0.05) is 18.0 Å². The standard InChI is InChI=1S/C15H15ClN4O3/c16-9-8-10(18-14-17-6-7-23-14)13(22)20-11(9)12(21)19-15(20)4-2-1-3-5-15/h6-8H,1-5H2,(H,17,18)(H,19,21). The van der Waals surface area contributed by atoms with E-state index in [-0.39, 0.29) is 33.9 Å². The first kappa shape index (κ1) is 14.3. The van der Waals surface area contributed by atoms with Crippen molar-refractivity contribution in [2.75, 3.05) is 5.32 Å². The molecule has 0 bridgehead atoms. The van der Waals surface area contributed by atoms with E-state index in [0.717, 1.165) is 32.1 Å². The number of amides is 1. The summed E-state index contributed by atoms with van der Waals surface area (Å²) in [4.78, 5) is 29.2. The second kappa shape index (κ2) is 5.13. The number of halogens is 1. The van der Waals surface area contributed by atoms with Crippen LogP contribution in [0.4, 0.5) is 11.7 Å². The summed E-state index contributed by atoms with van der Waals surface area (Å²) in [5.41, 5.74) is -0.498. The maximum atomic E-state index is 12.9. The fraction of sp³-hybridized carbons (Fsp3) is 0.400. The topological polar surface area (TPSA) is 89.2 Å². The Morgan fingerprint density at radius 2 is 2.09 bits per heavy atom. The highest BCUT2D eigenvalue weighted by molar-refractivity contribution is 6.34. The number of nitrogens with zero attached hydrogens (tertiary/aromatic N) is 2. The molecule has 1 fully saturated rings. The zero-order chi connectivity index (χ0) is 16.0. The van der Waals surface area contributed by atoms with Crippen LogP contribution in [-0.4, -0.2) is 15.5 Å². The van der Waals surface area contributed by atoms with Gasteiger partial charge in [0.25, 0.3) is 17.5 Å². The molecule has 0 radical (unpaired) electrons. The molecule has 120 valence electrons. The number of nitrogens with one attached hydrogen (secondary N) is 2. The number of hydrogen-bond donors (Lipinski definition) is 2. The number of rotatable bonds is 2. The predicted octanol–water partition coefficient (Wildman–Crippen LogP) is 2.59. The Morgan fingerprint density at radius 1 is 1.30 bits per heavy atom. The van der Waals surface area contributed by atoms with E-state index in [1.807, 2.05) is 0 Å². The Kier molecular flexibility index (Phi) is 3.19.